The minimum absolute atomic E-state index is 0.106. The molecule has 1 N–H and O–H groups in total. The van der Waals surface area contributed by atoms with Gasteiger partial charge in [0.2, 0.25) is 11.8 Å². The molecule has 0 spiro atoms. The molecule has 0 aliphatic carbocycles. The molecule has 2 amide bonds. The molecule has 7 nitrogen and oxygen atoms in total. The summed E-state index contributed by atoms with van der Waals surface area (Å²) in [4.78, 5) is 31.1. The predicted molar refractivity (Wildman–Crippen MR) is 111 cm³/mol. The zero-order chi connectivity index (χ0) is 20.9. The molecule has 4 rings (SSSR count). The number of carbonyl (C=O) groups excluding carboxylic acids is 2. The Bertz CT molecular complexity index is 1010. The van der Waals surface area contributed by atoms with Gasteiger partial charge in [-0.15, -0.1) is 0 Å². The number of nitrogens with zero attached hydrogens (tertiary/aromatic N) is 3. The number of aryl methyl sites for hydroxylation is 1. The Morgan fingerprint density at radius 2 is 1.87 bits per heavy atom. The van der Waals surface area contributed by atoms with E-state index < -0.39 is 6.04 Å². The van der Waals surface area contributed by atoms with Crippen LogP contribution in [0.4, 0.5) is 0 Å². The van der Waals surface area contributed by atoms with Gasteiger partial charge in [0.25, 0.3) is 0 Å². The highest BCUT2D eigenvalue weighted by Gasteiger charge is 2.34. The van der Waals surface area contributed by atoms with Crippen molar-refractivity contribution in [3.63, 3.8) is 0 Å². The Labute approximate surface area is 175 Å². The molecular weight excluding hydrogens is 380 g/mol. The van der Waals surface area contributed by atoms with Gasteiger partial charge in [0.05, 0.1) is 12.1 Å². The minimum atomic E-state index is -0.433. The third kappa shape index (κ3) is 4.56. The standard InChI is InChI=1S/C23H24N4O3/c1-16-13-20(30-26-16)14-22(28)27-12-2-3-21(27)23(29)25-15-17-4-6-18(7-5-17)19-8-10-24-11-9-19/h4-11,13,21H,2-3,12,14-15H2,1H3,(H,25,29)/t21-/m0/s1. The Morgan fingerprint density at radius 1 is 1.13 bits per heavy atom. The lowest BCUT2D eigenvalue weighted by molar-refractivity contribution is -0.138. The number of pyridine rings is 1. The van der Waals surface area contributed by atoms with E-state index in [-0.39, 0.29) is 18.2 Å². The van der Waals surface area contributed by atoms with Gasteiger partial charge in [0.1, 0.15) is 11.8 Å². The van der Waals surface area contributed by atoms with Crippen molar-refractivity contribution in [2.24, 2.45) is 0 Å². The first kappa shape index (κ1) is 19.8. The molecule has 0 saturated carbocycles. The lowest BCUT2D eigenvalue weighted by Crippen LogP contribution is -2.46. The fourth-order valence-corrected chi connectivity index (χ4v) is 3.75. The van der Waals surface area contributed by atoms with Crippen molar-refractivity contribution in [1.82, 2.24) is 20.4 Å². The highest BCUT2D eigenvalue weighted by molar-refractivity contribution is 5.88. The van der Waals surface area contributed by atoms with Crippen molar-refractivity contribution in [2.75, 3.05) is 6.54 Å². The first-order chi connectivity index (χ1) is 14.6. The molecule has 1 atom stereocenters. The minimum Gasteiger partial charge on any atom is -0.361 e. The van der Waals surface area contributed by atoms with E-state index in [0.29, 0.717) is 25.3 Å². The molecule has 3 heterocycles. The number of amides is 2. The Hall–Kier alpha value is -3.48. The van der Waals surface area contributed by atoms with E-state index in [9.17, 15) is 9.59 Å². The number of nitrogens with one attached hydrogen (secondary N) is 1. The van der Waals surface area contributed by atoms with Crippen molar-refractivity contribution < 1.29 is 14.1 Å². The summed E-state index contributed by atoms with van der Waals surface area (Å²) in [5.74, 6) is 0.302. The Morgan fingerprint density at radius 3 is 2.57 bits per heavy atom. The number of benzene rings is 1. The monoisotopic (exact) mass is 404 g/mol. The summed E-state index contributed by atoms with van der Waals surface area (Å²) in [5, 5.41) is 6.79. The fraction of sp³-hybridized carbons (Fsp3) is 0.304. The number of rotatable bonds is 6. The van der Waals surface area contributed by atoms with Gasteiger partial charge < -0.3 is 14.7 Å². The van der Waals surface area contributed by atoms with Crippen LogP contribution in [0.15, 0.2) is 59.4 Å². The van der Waals surface area contributed by atoms with Crippen LogP contribution in [0.5, 0.6) is 0 Å². The van der Waals surface area contributed by atoms with Crippen molar-refractivity contribution in [3.8, 4) is 11.1 Å². The average molecular weight is 404 g/mol. The molecule has 0 unspecified atom stereocenters. The fourth-order valence-electron chi connectivity index (χ4n) is 3.75. The van der Waals surface area contributed by atoms with Gasteiger partial charge in [-0.1, -0.05) is 29.4 Å². The smallest absolute Gasteiger partial charge is 0.243 e. The second-order valence-corrected chi connectivity index (χ2v) is 7.51. The van der Waals surface area contributed by atoms with Crippen LogP contribution in [0.1, 0.15) is 29.9 Å². The highest BCUT2D eigenvalue weighted by atomic mass is 16.5. The SMILES string of the molecule is Cc1cc(CC(=O)N2CCC[C@H]2C(=O)NCc2ccc(-c3ccncc3)cc2)on1. The lowest BCUT2D eigenvalue weighted by atomic mass is 10.1. The zero-order valence-corrected chi connectivity index (χ0v) is 16.9. The maximum absolute atomic E-state index is 12.7. The Kier molecular flexibility index (Phi) is 5.88. The molecule has 3 aromatic rings. The van der Waals surface area contributed by atoms with Crippen LogP contribution >= 0.6 is 0 Å². The van der Waals surface area contributed by atoms with Gasteiger partial charge >= 0.3 is 0 Å². The van der Waals surface area contributed by atoms with E-state index in [2.05, 4.69) is 15.5 Å². The molecule has 1 aliphatic heterocycles. The summed E-state index contributed by atoms with van der Waals surface area (Å²) in [6, 6.07) is 13.3. The largest absolute Gasteiger partial charge is 0.361 e. The topological polar surface area (TPSA) is 88.3 Å². The van der Waals surface area contributed by atoms with Crippen LogP contribution in [0.25, 0.3) is 11.1 Å². The predicted octanol–water partition coefficient (Wildman–Crippen LogP) is 2.89. The molecule has 2 aromatic heterocycles. The maximum atomic E-state index is 12.7. The van der Waals surface area contributed by atoms with Crippen LogP contribution < -0.4 is 5.32 Å². The van der Waals surface area contributed by atoms with Crippen molar-refractivity contribution >= 4 is 11.8 Å². The van der Waals surface area contributed by atoms with Gasteiger partial charge in [-0.3, -0.25) is 14.6 Å². The van der Waals surface area contributed by atoms with Crippen molar-refractivity contribution in [2.45, 2.75) is 38.8 Å². The molecule has 0 bridgehead atoms. The van der Waals surface area contributed by atoms with Crippen LogP contribution in [0.3, 0.4) is 0 Å². The molecule has 30 heavy (non-hydrogen) atoms. The van der Waals surface area contributed by atoms with Gasteiger partial charge in [0, 0.05) is 31.5 Å². The number of hydrogen-bond acceptors (Lipinski definition) is 5. The van der Waals surface area contributed by atoms with Crippen molar-refractivity contribution in [1.29, 1.82) is 0 Å². The highest BCUT2D eigenvalue weighted by Crippen LogP contribution is 2.21. The first-order valence-electron chi connectivity index (χ1n) is 10.1. The molecule has 1 aliphatic rings. The van der Waals surface area contributed by atoms with Crippen molar-refractivity contribution in [3.05, 3.63) is 71.9 Å². The number of aromatic nitrogens is 2. The second kappa shape index (κ2) is 8.90. The third-order valence-electron chi connectivity index (χ3n) is 5.31. The molecule has 1 aromatic carbocycles. The molecule has 1 saturated heterocycles. The van der Waals surface area contributed by atoms with Crippen LogP contribution in [-0.4, -0.2) is 39.4 Å². The third-order valence-corrected chi connectivity index (χ3v) is 5.31. The molecular formula is C23H24N4O3. The normalized spacial score (nSPS) is 15.9. The van der Waals surface area contributed by atoms with Gasteiger partial charge in [-0.05, 0) is 48.6 Å². The Balaban J connectivity index is 1.33. The van der Waals surface area contributed by atoms with E-state index >= 15 is 0 Å². The summed E-state index contributed by atoms with van der Waals surface area (Å²) in [6.07, 6.45) is 5.15. The molecule has 0 radical (unpaired) electrons. The van der Waals surface area contributed by atoms with E-state index in [1.165, 1.54) is 0 Å². The van der Waals surface area contributed by atoms with Gasteiger partial charge in [-0.25, -0.2) is 0 Å². The van der Waals surface area contributed by atoms with E-state index in [1.807, 2.05) is 43.3 Å². The zero-order valence-electron chi connectivity index (χ0n) is 16.9. The number of likely N-dealkylation sites (tertiary alicyclic amines) is 1. The lowest BCUT2D eigenvalue weighted by Gasteiger charge is -2.23. The van der Waals surface area contributed by atoms with E-state index in [0.717, 1.165) is 28.8 Å². The molecule has 1 fully saturated rings. The summed E-state index contributed by atoms with van der Waals surface area (Å²) >= 11 is 0. The molecule has 7 heteroatoms. The van der Waals surface area contributed by atoms with Crippen LogP contribution in [0, 0.1) is 6.92 Å². The average Bonchev–Trinajstić information content (AvgIpc) is 3.42. The quantitative estimate of drug-likeness (QED) is 0.682. The number of carbonyl (C=O) groups is 2. The van der Waals surface area contributed by atoms with Gasteiger partial charge in [0.15, 0.2) is 0 Å². The maximum Gasteiger partial charge on any atom is 0.243 e. The van der Waals surface area contributed by atoms with E-state index in [1.54, 1.807) is 23.4 Å². The summed E-state index contributed by atoms with van der Waals surface area (Å²) in [5.41, 5.74) is 3.95. The van der Waals surface area contributed by atoms with Crippen LogP contribution in [0.2, 0.25) is 0 Å². The summed E-state index contributed by atoms with van der Waals surface area (Å²) in [7, 11) is 0. The number of hydrogen-bond donors (Lipinski definition) is 1. The first-order valence-corrected chi connectivity index (χ1v) is 10.1. The second-order valence-electron chi connectivity index (χ2n) is 7.51. The van der Waals surface area contributed by atoms with Crippen LogP contribution in [-0.2, 0) is 22.6 Å². The van der Waals surface area contributed by atoms with E-state index in [4.69, 9.17) is 4.52 Å². The van der Waals surface area contributed by atoms with Gasteiger partial charge in [-0.2, -0.15) is 0 Å². The molecule has 154 valence electrons. The summed E-state index contributed by atoms with van der Waals surface area (Å²) in [6.45, 7) is 2.83. The summed E-state index contributed by atoms with van der Waals surface area (Å²) < 4.78 is 5.14.